The van der Waals surface area contributed by atoms with E-state index in [9.17, 15) is 4.79 Å². The fourth-order valence-electron chi connectivity index (χ4n) is 2.51. The van der Waals surface area contributed by atoms with Crippen LogP contribution in [0.25, 0.3) is 17.0 Å². The van der Waals surface area contributed by atoms with Gasteiger partial charge in [0.15, 0.2) is 5.76 Å². The second kappa shape index (κ2) is 4.10. The summed E-state index contributed by atoms with van der Waals surface area (Å²) in [6.07, 6.45) is 3.69. The highest BCUT2D eigenvalue weighted by Crippen LogP contribution is 2.32. The molecular weight excluding hydrogens is 250 g/mol. The molecule has 0 spiro atoms. The molecule has 4 rings (SSSR count). The Labute approximate surface area is 115 Å². The van der Waals surface area contributed by atoms with Crippen molar-refractivity contribution < 1.29 is 9.53 Å². The van der Waals surface area contributed by atoms with Crippen molar-refractivity contribution in [1.29, 1.82) is 0 Å². The van der Waals surface area contributed by atoms with Gasteiger partial charge in [-0.1, -0.05) is 24.3 Å². The number of carbonyl (C=O) groups is 1. The van der Waals surface area contributed by atoms with Gasteiger partial charge < -0.3 is 9.72 Å². The van der Waals surface area contributed by atoms with Gasteiger partial charge in [-0.2, -0.15) is 0 Å². The summed E-state index contributed by atoms with van der Waals surface area (Å²) in [5.41, 5.74) is 2.64. The number of aromatic nitrogens is 1. The van der Waals surface area contributed by atoms with Crippen LogP contribution in [0.5, 0.6) is 5.75 Å². The minimum Gasteiger partial charge on any atom is -0.452 e. The van der Waals surface area contributed by atoms with E-state index in [4.69, 9.17) is 4.74 Å². The number of H-pyrrole nitrogens is 1. The number of rotatable bonds is 1. The van der Waals surface area contributed by atoms with Gasteiger partial charge in [-0.15, -0.1) is 0 Å². The Hall–Kier alpha value is -2.81. The van der Waals surface area contributed by atoms with E-state index in [-0.39, 0.29) is 5.78 Å². The molecule has 96 valence electrons. The van der Waals surface area contributed by atoms with Gasteiger partial charge in [0, 0.05) is 17.1 Å². The molecule has 1 aliphatic heterocycles. The zero-order valence-electron chi connectivity index (χ0n) is 10.6. The predicted octanol–water partition coefficient (Wildman–Crippen LogP) is 3.78. The predicted molar refractivity (Wildman–Crippen MR) is 77.7 cm³/mol. The van der Waals surface area contributed by atoms with E-state index in [2.05, 4.69) is 4.98 Å². The minimum atomic E-state index is -0.0619. The van der Waals surface area contributed by atoms with Crippen molar-refractivity contribution in [3.05, 3.63) is 71.6 Å². The fourth-order valence-corrected chi connectivity index (χ4v) is 2.51. The molecule has 2 aromatic carbocycles. The van der Waals surface area contributed by atoms with Crippen molar-refractivity contribution in [2.75, 3.05) is 0 Å². The highest BCUT2D eigenvalue weighted by molar-refractivity contribution is 6.15. The van der Waals surface area contributed by atoms with Gasteiger partial charge in [0.1, 0.15) is 5.75 Å². The van der Waals surface area contributed by atoms with Gasteiger partial charge in [0.2, 0.25) is 5.78 Å². The summed E-state index contributed by atoms with van der Waals surface area (Å²) in [7, 11) is 0. The maximum absolute atomic E-state index is 12.3. The third-order valence-electron chi connectivity index (χ3n) is 3.49. The van der Waals surface area contributed by atoms with Gasteiger partial charge in [0.05, 0.1) is 5.56 Å². The standard InChI is InChI=1S/C17H11NO2/c19-17-13-5-1-2-7-15(13)20-16(17)10-11-4-3-6-14-12(11)8-9-18-14/h1-10,18H/b16-10-. The second-order valence-corrected chi connectivity index (χ2v) is 4.72. The molecule has 1 N–H and O–H groups in total. The Morgan fingerprint density at radius 3 is 2.80 bits per heavy atom. The minimum absolute atomic E-state index is 0.0619. The van der Waals surface area contributed by atoms with E-state index in [1.807, 2.05) is 48.7 Å². The number of allylic oxidation sites excluding steroid dienone is 1. The molecular formula is C17H11NO2. The molecule has 0 bridgehead atoms. The van der Waals surface area contributed by atoms with Crippen molar-refractivity contribution in [3.8, 4) is 5.75 Å². The summed E-state index contributed by atoms with van der Waals surface area (Å²) in [5, 5.41) is 1.08. The van der Waals surface area contributed by atoms with Gasteiger partial charge >= 0.3 is 0 Å². The normalized spacial score (nSPS) is 15.6. The number of ether oxygens (including phenoxy) is 1. The Kier molecular flexibility index (Phi) is 2.27. The van der Waals surface area contributed by atoms with Crippen LogP contribution in [0.2, 0.25) is 0 Å². The van der Waals surface area contributed by atoms with Crippen LogP contribution in [0.1, 0.15) is 15.9 Å². The zero-order chi connectivity index (χ0) is 13.5. The number of hydrogen-bond donors (Lipinski definition) is 1. The third-order valence-corrected chi connectivity index (χ3v) is 3.49. The highest BCUT2D eigenvalue weighted by atomic mass is 16.5. The summed E-state index contributed by atoms with van der Waals surface area (Å²) >= 11 is 0. The topological polar surface area (TPSA) is 42.1 Å². The number of benzene rings is 2. The Balaban J connectivity index is 1.83. The molecule has 20 heavy (non-hydrogen) atoms. The first-order valence-electron chi connectivity index (χ1n) is 6.42. The molecule has 0 fully saturated rings. The number of para-hydroxylation sites is 1. The lowest BCUT2D eigenvalue weighted by atomic mass is 10.1. The van der Waals surface area contributed by atoms with Gasteiger partial charge in [-0.3, -0.25) is 4.79 Å². The van der Waals surface area contributed by atoms with Crippen molar-refractivity contribution in [1.82, 2.24) is 4.98 Å². The quantitative estimate of drug-likeness (QED) is 0.677. The van der Waals surface area contributed by atoms with Crippen LogP contribution in [0.4, 0.5) is 0 Å². The lowest BCUT2D eigenvalue weighted by Gasteiger charge is -2.00. The molecule has 0 aliphatic carbocycles. The molecule has 0 saturated heterocycles. The summed E-state index contributed by atoms with van der Waals surface area (Å²) < 4.78 is 5.65. The van der Waals surface area contributed by atoms with E-state index in [1.54, 1.807) is 12.1 Å². The van der Waals surface area contributed by atoms with E-state index in [0.717, 1.165) is 16.5 Å². The van der Waals surface area contributed by atoms with E-state index in [0.29, 0.717) is 17.1 Å². The number of ketones is 1. The number of hydrogen-bond acceptors (Lipinski definition) is 2. The summed E-state index contributed by atoms with van der Waals surface area (Å²) in [5.74, 6) is 0.943. The smallest absolute Gasteiger partial charge is 0.231 e. The summed E-state index contributed by atoms with van der Waals surface area (Å²) in [6, 6.07) is 15.2. The zero-order valence-corrected chi connectivity index (χ0v) is 10.6. The molecule has 0 atom stereocenters. The SMILES string of the molecule is O=C1/C(=C/c2cccc3[nH]ccc23)Oc2ccccc21. The van der Waals surface area contributed by atoms with Gasteiger partial charge in [-0.05, 0) is 35.9 Å². The van der Waals surface area contributed by atoms with Crippen LogP contribution in [-0.2, 0) is 0 Å². The third kappa shape index (κ3) is 1.57. The molecule has 3 aromatic rings. The summed E-state index contributed by atoms with van der Waals surface area (Å²) in [4.78, 5) is 15.4. The molecule has 2 heterocycles. The van der Waals surface area contributed by atoms with Crippen LogP contribution in [-0.4, -0.2) is 10.8 Å². The molecule has 0 radical (unpaired) electrons. The van der Waals surface area contributed by atoms with E-state index >= 15 is 0 Å². The van der Waals surface area contributed by atoms with Crippen LogP contribution < -0.4 is 4.74 Å². The average Bonchev–Trinajstić information content (AvgIpc) is 3.06. The number of Topliss-reactive ketones (excluding diaryl/α,β-unsaturated/α-hetero) is 1. The van der Waals surface area contributed by atoms with E-state index < -0.39 is 0 Å². The van der Waals surface area contributed by atoms with Crippen molar-refractivity contribution in [2.24, 2.45) is 0 Å². The fraction of sp³-hybridized carbons (Fsp3) is 0. The molecule has 0 saturated carbocycles. The average molecular weight is 261 g/mol. The first kappa shape index (κ1) is 11.1. The first-order chi connectivity index (χ1) is 9.83. The first-order valence-corrected chi connectivity index (χ1v) is 6.42. The van der Waals surface area contributed by atoms with Crippen LogP contribution in [0.3, 0.4) is 0 Å². The van der Waals surface area contributed by atoms with Crippen LogP contribution >= 0.6 is 0 Å². The number of aromatic amines is 1. The van der Waals surface area contributed by atoms with Crippen molar-refractivity contribution in [2.45, 2.75) is 0 Å². The Morgan fingerprint density at radius 1 is 1.00 bits per heavy atom. The molecule has 0 unspecified atom stereocenters. The number of nitrogens with one attached hydrogen (secondary N) is 1. The van der Waals surface area contributed by atoms with Crippen molar-refractivity contribution in [3.63, 3.8) is 0 Å². The number of carbonyl (C=O) groups excluding carboxylic acids is 1. The molecule has 3 heteroatoms. The number of fused-ring (bicyclic) bond motifs is 2. The second-order valence-electron chi connectivity index (χ2n) is 4.72. The van der Waals surface area contributed by atoms with Gasteiger partial charge in [-0.25, -0.2) is 0 Å². The van der Waals surface area contributed by atoms with Crippen molar-refractivity contribution >= 4 is 22.8 Å². The molecule has 3 nitrogen and oxygen atoms in total. The Bertz CT molecular complexity index is 858. The van der Waals surface area contributed by atoms with E-state index in [1.165, 1.54) is 0 Å². The summed E-state index contributed by atoms with van der Waals surface area (Å²) in [6.45, 7) is 0. The maximum atomic E-state index is 12.3. The van der Waals surface area contributed by atoms with Gasteiger partial charge in [0.25, 0.3) is 0 Å². The maximum Gasteiger partial charge on any atom is 0.231 e. The molecule has 1 aliphatic rings. The monoisotopic (exact) mass is 261 g/mol. The Morgan fingerprint density at radius 2 is 1.90 bits per heavy atom. The van der Waals surface area contributed by atoms with Crippen LogP contribution in [0.15, 0.2) is 60.5 Å². The highest BCUT2D eigenvalue weighted by Gasteiger charge is 2.26. The molecule has 0 amide bonds. The lowest BCUT2D eigenvalue weighted by Crippen LogP contribution is -1.98. The lowest BCUT2D eigenvalue weighted by molar-refractivity contribution is 0.101. The molecule has 1 aromatic heterocycles. The largest absolute Gasteiger partial charge is 0.452 e. The van der Waals surface area contributed by atoms with Crippen LogP contribution in [0, 0.1) is 0 Å².